The van der Waals surface area contributed by atoms with Gasteiger partial charge >= 0.3 is 6.03 Å². The summed E-state index contributed by atoms with van der Waals surface area (Å²) in [6.45, 7) is 3.84. The molecular weight excluding hydrogens is 294 g/mol. The molecule has 1 fully saturated rings. The summed E-state index contributed by atoms with van der Waals surface area (Å²) in [6, 6.07) is 7.33. The number of urea groups is 1. The van der Waals surface area contributed by atoms with E-state index in [0.29, 0.717) is 26.1 Å². The number of piperidine rings is 1. The molecule has 2 heterocycles. The third-order valence-electron chi connectivity index (χ3n) is 4.94. The first-order valence-electron chi connectivity index (χ1n) is 8.08. The van der Waals surface area contributed by atoms with E-state index in [-0.39, 0.29) is 11.9 Å². The number of amides is 3. The van der Waals surface area contributed by atoms with E-state index >= 15 is 0 Å². The highest BCUT2D eigenvalue weighted by molar-refractivity contribution is 5.89. The average molecular weight is 317 g/mol. The van der Waals surface area contributed by atoms with E-state index in [9.17, 15) is 9.59 Å². The summed E-state index contributed by atoms with van der Waals surface area (Å²) in [7, 11) is 0. The first kappa shape index (κ1) is 15.6. The molecule has 1 saturated heterocycles. The van der Waals surface area contributed by atoms with Crippen LogP contribution in [0.3, 0.4) is 0 Å². The smallest absolute Gasteiger partial charge is 0.312 e. The standard InChI is InChI=1S/C17H23N3O3/c1-17(8-11-23-14-5-3-2-4-13(14)17)15(21)20-9-6-12(7-10-20)19-16(18)22/h2-5,12H,6-11H2,1H3,(H3,18,19,22). The van der Waals surface area contributed by atoms with Gasteiger partial charge in [-0.2, -0.15) is 0 Å². The molecule has 0 bridgehead atoms. The normalized spacial score (nSPS) is 24.5. The minimum absolute atomic E-state index is 0.0614. The molecule has 2 aliphatic heterocycles. The lowest BCUT2D eigenvalue weighted by molar-refractivity contribution is -0.139. The lowest BCUT2D eigenvalue weighted by atomic mass is 9.76. The van der Waals surface area contributed by atoms with Crippen LogP contribution in [0, 0.1) is 0 Å². The van der Waals surface area contributed by atoms with Crippen molar-refractivity contribution in [3.8, 4) is 5.75 Å². The predicted molar refractivity (Wildman–Crippen MR) is 86.2 cm³/mol. The fourth-order valence-electron chi connectivity index (χ4n) is 3.55. The molecule has 2 aliphatic rings. The van der Waals surface area contributed by atoms with Crippen molar-refractivity contribution < 1.29 is 14.3 Å². The minimum Gasteiger partial charge on any atom is -0.493 e. The van der Waals surface area contributed by atoms with Crippen molar-refractivity contribution in [2.75, 3.05) is 19.7 Å². The number of hydrogen-bond donors (Lipinski definition) is 2. The van der Waals surface area contributed by atoms with Crippen molar-refractivity contribution in [2.45, 2.75) is 37.6 Å². The summed E-state index contributed by atoms with van der Waals surface area (Å²) in [6.07, 6.45) is 2.16. The molecule has 3 rings (SSSR count). The number of nitrogens with zero attached hydrogens (tertiary/aromatic N) is 1. The van der Waals surface area contributed by atoms with E-state index in [1.165, 1.54) is 0 Å². The van der Waals surface area contributed by atoms with E-state index in [4.69, 9.17) is 10.5 Å². The SMILES string of the molecule is CC1(C(=O)N2CCC(NC(N)=O)CC2)CCOc2ccccc21. The molecule has 1 aromatic rings. The molecule has 23 heavy (non-hydrogen) atoms. The zero-order chi connectivity index (χ0) is 16.4. The fraction of sp³-hybridized carbons (Fsp3) is 0.529. The Morgan fingerprint density at radius 3 is 2.70 bits per heavy atom. The Bertz CT molecular complexity index is 611. The van der Waals surface area contributed by atoms with Gasteiger partial charge in [-0.1, -0.05) is 18.2 Å². The van der Waals surface area contributed by atoms with Crippen molar-refractivity contribution in [3.63, 3.8) is 0 Å². The number of benzene rings is 1. The van der Waals surface area contributed by atoms with Crippen molar-refractivity contribution in [1.82, 2.24) is 10.2 Å². The molecule has 0 saturated carbocycles. The Labute approximate surface area is 136 Å². The number of ether oxygens (including phenoxy) is 1. The van der Waals surface area contributed by atoms with Crippen LogP contribution in [-0.2, 0) is 10.2 Å². The van der Waals surface area contributed by atoms with Gasteiger partial charge in [0.1, 0.15) is 5.75 Å². The van der Waals surface area contributed by atoms with Crippen LogP contribution >= 0.6 is 0 Å². The van der Waals surface area contributed by atoms with Crippen LogP contribution in [0.25, 0.3) is 0 Å². The third kappa shape index (κ3) is 2.98. The number of nitrogens with one attached hydrogen (secondary N) is 1. The Kier molecular flexibility index (Phi) is 4.15. The maximum Gasteiger partial charge on any atom is 0.312 e. The molecule has 0 aromatic heterocycles. The number of rotatable bonds is 2. The number of likely N-dealkylation sites (tertiary alicyclic amines) is 1. The number of carbonyl (C=O) groups excluding carboxylic acids is 2. The second kappa shape index (κ2) is 6.10. The Hall–Kier alpha value is -2.24. The fourth-order valence-corrected chi connectivity index (χ4v) is 3.55. The topological polar surface area (TPSA) is 84.7 Å². The second-order valence-electron chi connectivity index (χ2n) is 6.50. The Morgan fingerprint density at radius 1 is 1.30 bits per heavy atom. The molecule has 6 nitrogen and oxygen atoms in total. The first-order chi connectivity index (χ1) is 11.0. The number of nitrogens with two attached hydrogens (primary N) is 1. The highest BCUT2D eigenvalue weighted by atomic mass is 16.5. The van der Waals surface area contributed by atoms with Gasteiger partial charge in [-0.3, -0.25) is 4.79 Å². The predicted octanol–water partition coefficient (Wildman–Crippen LogP) is 1.39. The van der Waals surface area contributed by atoms with Crippen LogP contribution in [0.2, 0.25) is 0 Å². The monoisotopic (exact) mass is 317 g/mol. The number of para-hydroxylation sites is 1. The molecule has 3 N–H and O–H groups in total. The van der Waals surface area contributed by atoms with E-state index in [1.807, 2.05) is 36.1 Å². The molecule has 1 unspecified atom stereocenters. The van der Waals surface area contributed by atoms with Crippen LogP contribution in [0.15, 0.2) is 24.3 Å². The molecule has 1 aromatic carbocycles. The van der Waals surface area contributed by atoms with Crippen LogP contribution in [0.5, 0.6) is 5.75 Å². The average Bonchev–Trinajstić information content (AvgIpc) is 2.55. The maximum atomic E-state index is 13.1. The largest absolute Gasteiger partial charge is 0.493 e. The number of hydrogen-bond acceptors (Lipinski definition) is 3. The highest BCUT2D eigenvalue weighted by Crippen LogP contribution is 2.40. The molecule has 124 valence electrons. The van der Waals surface area contributed by atoms with Gasteiger partial charge in [0, 0.05) is 24.7 Å². The lowest BCUT2D eigenvalue weighted by Crippen LogP contribution is -2.53. The van der Waals surface area contributed by atoms with E-state index in [2.05, 4.69) is 5.32 Å². The third-order valence-corrected chi connectivity index (χ3v) is 4.94. The molecular formula is C17H23N3O3. The highest BCUT2D eigenvalue weighted by Gasteiger charge is 2.43. The molecule has 6 heteroatoms. The van der Waals surface area contributed by atoms with E-state index in [1.54, 1.807) is 0 Å². The summed E-state index contributed by atoms with van der Waals surface area (Å²) < 4.78 is 5.69. The summed E-state index contributed by atoms with van der Waals surface area (Å²) in [5, 5.41) is 2.73. The van der Waals surface area contributed by atoms with Gasteiger partial charge in [-0.15, -0.1) is 0 Å². The van der Waals surface area contributed by atoms with Gasteiger partial charge in [-0.05, 0) is 32.3 Å². The summed E-state index contributed by atoms with van der Waals surface area (Å²) >= 11 is 0. The van der Waals surface area contributed by atoms with Crippen molar-refractivity contribution in [1.29, 1.82) is 0 Å². The zero-order valence-corrected chi connectivity index (χ0v) is 13.4. The maximum absolute atomic E-state index is 13.1. The number of fused-ring (bicyclic) bond motifs is 1. The van der Waals surface area contributed by atoms with Crippen molar-refractivity contribution in [3.05, 3.63) is 29.8 Å². The number of primary amides is 1. The van der Waals surface area contributed by atoms with Gasteiger partial charge < -0.3 is 20.7 Å². The van der Waals surface area contributed by atoms with E-state index < -0.39 is 11.4 Å². The van der Waals surface area contributed by atoms with Gasteiger partial charge in [0.2, 0.25) is 5.91 Å². The van der Waals surface area contributed by atoms with Crippen molar-refractivity contribution in [2.24, 2.45) is 5.73 Å². The van der Waals surface area contributed by atoms with E-state index in [0.717, 1.165) is 24.2 Å². The first-order valence-corrected chi connectivity index (χ1v) is 8.08. The van der Waals surface area contributed by atoms with Crippen molar-refractivity contribution >= 4 is 11.9 Å². The van der Waals surface area contributed by atoms with Gasteiger partial charge in [0.25, 0.3) is 0 Å². The summed E-state index contributed by atoms with van der Waals surface area (Å²) in [4.78, 5) is 26.0. The zero-order valence-electron chi connectivity index (χ0n) is 13.4. The van der Waals surface area contributed by atoms with Gasteiger partial charge in [-0.25, -0.2) is 4.79 Å². The van der Waals surface area contributed by atoms with Crippen LogP contribution in [-0.4, -0.2) is 42.6 Å². The Balaban J connectivity index is 1.73. The molecule has 3 amide bonds. The second-order valence-corrected chi connectivity index (χ2v) is 6.50. The molecule has 1 atom stereocenters. The van der Waals surface area contributed by atoms with Crippen LogP contribution < -0.4 is 15.8 Å². The number of carbonyl (C=O) groups is 2. The van der Waals surface area contributed by atoms with Gasteiger partial charge in [0.05, 0.1) is 12.0 Å². The van der Waals surface area contributed by atoms with Crippen LogP contribution in [0.1, 0.15) is 31.7 Å². The molecule has 0 spiro atoms. The van der Waals surface area contributed by atoms with Crippen LogP contribution in [0.4, 0.5) is 4.79 Å². The van der Waals surface area contributed by atoms with Gasteiger partial charge in [0.15, 0.2) is 0 Å². The summed E-state index contributed by atoms with van der Waals surface area (Å²) in [5.74, 6) is 0.950. The summed E-state index contributed by atoms with van der Waals surface area (Å²) in [5.41, 5.74) is 5.59. The Morgan fingerprint density at radius 2 is 2.00 bits per heavy atom. The molecule has 0 radical (unpaired) electrons. The quantitative estimate of drug-likeness (QED) is 0.864. The lowest BCUT2D eigenvalue weighted by Gasteiger charge is -2.41. The molecule has 0 aliphatic carbocycles. The minimum atomic E-state index is -0.543.